The number of benzene rings is 1. The van der Waals surface area contributed by atoms with Crippen molar-refractivity contribution in [3.8, 4) is 0 Å². The summed E-state index contributed by atoms with van der Waals surface area (Å²) in [5.74, 6) is -0.367. The van der Waals surface area contributed by atoms with Gasteiger partial charge in [-0.05, 0) is 17.7 Å². The van der Waals surface area contributed by atoms with Crippen molar-refractivity contribution in [3.05, 3.63) is 34.9 Å². The maximum absolute atomic E-state index is 12.1. The first-order valence-corrected chi connectivity index (χ1v) is 8.21. The molecule has 0 spiro atoms. The minimum Gasteiger partial charge on any atom is -0.396 e. The molecular formula is C13H17ClO4S. The second-order valence-corrected chi connectivity index (χ2v) is 7.80. The minimum absolute atomic E-state index is 0.00348. The highest BCUT2D eigenvalue weighted by molar-refractivity contribution is 7.92. The molecule has 2 N–H and O–H groups in total. The highest BCUT2D eigenvalue weighted by atomic mass is 35.5. The van der Waals surface area contributed by atoms with Crippen LogP contribution in [0.25, 0.3) is 0 Å². The first kappa shape index (κ1) is 14.8. The van der Waals surface area contributed by atoms with Gasteiger partial charge in [0.25, 0.3) is 0 Å². The lowest BCUT2D eigenvalue weighted by atomic mass is 10.0. The topological polar surface area (TPSA) is 74.6 Å². The van der Waals surface area contributed by atoms with Gasteiger partial charge in [0.05, 0.1) is 18.5 Å². The van der Waals surface area contributed by atoms with Crippen LogP contribution in [0.5, 0.6) is 0 Å². The highest BCUT2D eigenvalue weighted by Gasteiger charge is 2.69. The van der Waals surface area contributed by atoms with Gasteiger partial charge in [-0.25, -0.2) is 8.42 Å². The number of rotatable bonds is 5. The highest BCUT2D eigenvalue weighted by Crippen LogP contribution is 2.62. The molecule has 2 rings (SSSR count). The molecule has 106 valence electrons. The molecule has 0 aromatic heterocycles. The van der Waals surface area contributed by atoms with Crippen molar-refractivity contribution in [3.63, 3.8) is 0 Å². The van der Waals surface area contributed by atoms with Crippen LogP contribution in [0.4, 0.5) is 0 Å². The maximum atomic E-state index is 12.1. The van der Waals surface area contributed by atoms with Crippen molar-refractivity contribution >= 4 is 21.4 Å². The van der Waals surface area contributed by atoms with Crippen LogP contribution in [-0.2, 0) is 9.84 Å². The standard InChI is InChI=1S/C13H17ClO4S/c1-2-19(17,18)12-11(13(12,7-15)8-16)9-3-5-10(14)6-4-9/h3-6,11-12,15-16H,2,7-8H2,1H3. The number of hydrogen-bond donors (Lipinski definition) is 2. The zero-order valence-electron chi connectivity index (χ0n) is 10.6. The van der Waals surface area contributed by atoms with Crippen LogP contribution in [0.15, 0.2) is 24.3 Å². The number of hydrogen-bond acceptors (Lipinski definition) is 4. The quantitative estimate of drug-likeness (QED) is 0.857. The van der Waals surface area contributed by atoms with Gasteiger partial charge in [-0.2, -0.15) is 0 Å². The molecule has 0 radical (unpaired) electrons. The molecule has 2 unspecified atom stereocenters. The lowest BCUT2D eigenvalue weighted by Gasteiger charge is -2.10. The molecule has 0 aliphatic heterocycles. The van der Waals surface area contributed by atoms with Crippen molar-refractivity contribution < 1.29 is 18.6 Å². The average Bonchev–Trinajstić information content (AvgIpc) is 3.10. The maximum Gasteiger partial charge on any atom is 0.154 e. The van der Waals surface area contributed by atoms with Crippen LogP contribution in [-0.4, -0.2) is 42.8 Å². The summed E-state index contributed by atoms with van der Waals surface area (Å²) in [6.45, 7) is 0.882. The van der Waals surface area contributed by atoms with E-state index in [0.717, 1.165) is 5.56 Å². The van der Waals surface area contributed by atoms with Crippen LogP contribution in [0, 0.1) is 5.41 Å². The Bertz CT molecular complexity index is 549. The minimum atomic E-state index is -3.32. The first-order valence-electron chi connectivity index (χ1n) is 6.11. The van der Waals surface area contributed by atoms with Crippen LogP contribution in [0.1, 0.15) is 18.4 Å². The van der Waals surface area contributed by atoms with Crippen LogP contribution in [0.2, 0.25) is 5.02 Å². The summed E-state index contributed by atoms with van der Waals surface area (Å²) in [5.41, 5.74) is -0.183. The summed E-state index contributed by atoms with van der Waals surface area (Å²) >= 11 is 5.81. The Balaban J connectivity index is 2.42. The number of aliphatic hydroxyl groups excluding tert-OH is 2. The van der Waals surface area contributed by atoms with Crippen LogP contribution >= 0.6 is 11.6 Å². The normalized spacial score (nSPS) is 25.3. The molecule has 19 heavy (non-hydrogen) atoms. The molecule has 1 aromatic rings. The number of sulfone groups is 1. The van der Waals surface area contributed by atoms with E-state index < -0.39 is 20.5 Å². The summed E-state index contributed by atoms with van der Waals surface area (Å²) in [6.07, 6.45) is 0. The average molecular weight is 305 g/mol. The molecule has 1 aliphatic carbocycles. The molecule has 6 heteroatoms. The van der Waals surface area contributed by atoms with Gasteiger partial charge >= 0.3 is 0 Å². The summed E-state index contributed by atoms with van der Waals surface area (Å²) in [6, 6.07) is 6.87. The van der Waals surface area contributed by atoms with Gasteiger partial charge in [-0.3, -0.25) is 0 Å². The second kappa shape index (κ2) is 5.05. The van der Waals surface area contributed by atoms with Gasteiger partial charge in [0.2, 0.25) is 0 Å². The van der Waals surface area contributed by atoms with E-state index >= 15 is 0 Å². The summed E-state index contributed by atoms with van der Waals surface area (Å²) in [5, 5.41) is 18.9. The third-order valence-corrected chi connectivity index (χ3v) is 6.56. The predicted octanol–water partition coefficient (Wildman–Crippen LogP) is 1.21. The number of aliphatic hydroxyl groups is 2. The van der Waals surface area contributed by atoms with Gasteiger partial charge < -0.3 is 10.2 Å². The fraction of sp³-hybridized carbons (Fsp3) is 0.538. The van der Waals surface area contributed by atoms with Gasteiger partial charge in [-0.15, -0.1) is 0 Å². The first-order chi connectivity index (χ1) is 8.93. The lowest BCUT2D eigenvalue weighted by molar-refractivity contribution is 0.130. The molecule has 0 heterocycles. The third kappa shape index (κ3) is 2.29. The zero-order valence-corrected chi connectivity index (χ0v) is 12.2. The van der Waals surface area contributed by atoms with Gasteiger partial charge in [0.15, 0.2) is 9.84 Å². The van der Waals surface area contributed by atoms with E-state index in [9.17, 15) is 18.6 Å². The van der Waals surface area contributed by atoms with Crippen molar-refractivity contribution in [2.45, 2.75) is 18.1 Å². The van der Waals surface area contributed by atoms with E-state index in [-0.39, 0.29) is 24.9 Å². The fourth-order valence-electron chi connectivity index (χ4n) is 2.80. The second-order valence-electron chi connectivity index (χ2n) is 4.95. The van der Waals surface area contributed by atoms with Crippen molar-refractivity contribution in [1.29, 1.82) is 0 Å². The zero-order chi connectivity index (χ0) is 14.3. The fourth-order valence-corrected chi connectivity index (χ4v) is 5.06. The monoisotopic (exact) mass is 304 g/mol. The molecule has 0 amide bonds. The SMILES string of the molecule is CCS(=O)(=O)C1C(c2ccc(Cl)cc2)C1(CO)CO. The van der Waals surface area contributed by atoms with Crippen LogP contribution in [0.3, 0.4) is 0 Å². The molecule has 1 aliphatic rings. The van der Waals surface area contributed by atoms with E-state index in [1.807, 2.05) is 0 Å². The molecule has 0 saturated heterocycles. The van der Waals surface area contributed by atoms with E-state index in [1.165, 1.54) is 0 Å². The summed E-state index contributed by atoms with van der Waals surface area (Å²) in [7, 11) is -3.32. The van der Waals surface area contributed by atoms with Crippen LogP contribution < -0.4 is 0 Å². The summed E-state index contributed by atoms with van der Waals surface area (Å²) in [4.78, 5) is 0. The molecule has 1 aromatic carbocycles. The Morgan fingerprint density at radius 3 is 2.16 bits per heavy atom. The Kier molecular flexibility index (Phi) is 3.93. The van der Waals surface area contributed by atoms with E-state index in [4.69, 9.17) is 11.6 Å². The molecule has 1 fully saturated rings. The van der Waals surface area contributed by atoms with Gasteiger partial charge in [0.1, 0.15) is 0 Å². The van der Waals surface area contributed by atoms with Crippen molar-refractivity contribution in [2.24, 2.45) is 5.41 Å². The molecular weight excluding hydrogens is 288 g/mol. The van der Waals surface area contributed by atoms with Crippen molar-refractivity contribution in [2.75, 3.05) is 19.0 Å². The smallest absolute Gasteiger partial charge is 0.154 e. The lowest BCUT2D eigenvalue weighted by Crippen LogP contribution is -2.23. The summed E-state index contributed by atoms with van der Waals surface area (Å²) < 4.78 is 24.2. The molecule has 2 atom stereocenters. The van der Waals surface area contributed by atoms with E-state index in [1.54, 1.807) is 31.2 Å². The Morgan fingerprint density at radius 2 is 1.74 bits per heavy atom. The molecule has 1 saturated carbocycles. The molecule has 4 nitrogen and oxygen atoms in total. The van der Waals surface area contributed by atoms with Gasteiger partial charge in [-0.1, -0.05) is 30.7 Å². The van der Waals surface area contributed by atoms with Crippen molar-refractivity contribution in [1.82, 2.24) is 0 Å². The predicted molar refractivity (Wildman–Crippen MR) is 74.0 cm³/mol. The third-order valence-electron chi connectivity index (χ3n) is 3.99. The van der Waals surface area contributed by atoms with E-state index in [2.05, 4.69) is 0 Å². The Hall–Kier alpha value is -0.620. The molecule has 0 bridgehead atoms. The Morgan fingerprint density at radius 1 is 1.21 bits per heavy atom. The van der Waals surface area contributed by atoms with Gasteiger partial charge in [0, 0.05) is 22.1 Å². The van der Waals surface area contributed by atoms with E-state index in [0.29, 0.717) is 5.02 Å². The number of halogens is 1. The largest absolute Gasteiger partial charge is 0.396 e. The Labute approximate surface area is 117 Å².